The van der Waals surface area contributed by atoms with Gasteiger partial charge >= 0.3 is 0 Å². The number of benzene rings is 1. The first-order valence-electron chi connectivity index (χ1n) is 5.75. The summed E-state index contributed by atoms with van der Waals surface area (Å²) < 4.78 is 0. The molecule has 3 heteroatoms. The maximum absolute atomic E-state index is 11.9. The highest BCUT2D eigenvalue weighted by atomic mass is 16.1. The Morgan fingerprint density at radius 2 is 2.12 bits per heavy atom. The summed E-state index contributed by atoms with van der Waals surface area (Å²) in [5.41, 5.74) is 7.33. The van der Waals surface area contributed by atoms with Crippen LogP contribution in [-0.4, -0.2) is 18.5 Å². The van der Waals surface area contributed by atoms with E-state index in [0.717, 1.165) is 24.0 Å². The quantitative estimate of drug-likeness (QED) is 0.795. The van der Waals surface area contributed by atoms with Crippen LogP contribution < -0.4 is 11.1 Å². The SMILES string of the molecule is CCCC(CN)NC(=O)c1ccccc1C. The van der Waals surface area contributed by atoms with Crippen molar-refractivity contribution in [3.05, 3.63) is 35.4 Å². The lowest BCUT2D eigenvalue weighted by atomic mass is 10.1. The fourth-order valence-corrected chi connectivity index (χ4v) is 1.69. The second kappa shape index (κ2) is 6.28. The Morgan fingerprint density at radius 1 is 1.44 bits per heavy atom. The van der Waals surface area contributed by atoms with E-state index in [1.165, 1.54) is 0 Å². The van der Waals surface area contributed by atoms with E-state index < -0.39 is 0 Å². The third-order valence-corrected chi connectivity index (χ3v) is 2.65. The Kier molecular flexibility index (Phi) is 4.99. The molecule has 1 aromatic carbocycles. The van der Waals surface area contributed by atoms with Crippen molar-refractivity contribution in [1.29, 1.82) is 0 Å². The number of hydrogen-bond acceptors (Lipinski definition) is 2. The molecule has 0 saturated carbocycles. The van der Waals surface area contributed by atoms with Gasteiger partial charge in [-0.2, -0.15) is 0 Å². The van der Waals surface area contributed by atoms with Crippen LogP contribution in [0.2, 0.25) is 0 Å². The highest BCUT2D eigenvalue weighted by Gasteiger charge is 2.12. The summed E-state index contributed by atoms with van der Waals surface area (Å²) in [6, 6.07) is 7.66. The first kappa shape index (κ1) is 12.7. The zero-order valence-electron chi connectivity index (χ0n) is 9.99. The minimum Gasteiger partial charge on any atom is -0.348 e. The number of nitrogens with one attached hydrogen (secondary N) is 1. The highest BCUT2D eigenvalue weighted by Crippen LogP contribution is 2.07. The fraction of sp³-hybridized carbons (Fsp3) is 0.462. The van der Waals surface area contributed by atoms with Crippen molar-refractivity contribution >= 4 is 5.91 Å². The van der Waals surface area contributed by atoms with Gasteiger partial charge in [0.25, 0.3) is 5.91 Å². The van der Waals surface area contributed by atoms with Crippen molar-refractivity contribution in [2.75, 3.05) is 6.54 Å². The summed E-state index contributed by atoms with van der Waals surface area (Å²) in [4.78, 5) is 11.9. The number of carbonyl (C=O) groups excluding carboxylic acids is 1. The standard InChI is InChI=1S/C13H20N2O/c1-3-6-11(9-14)15-13(16)12-8-5-4-7-10(12)2/h4-5,7-8,11H,3,6,9,14H2,1-2H3,(H,15,16). The minimum atomic E-state index is -0.0259. The molecule has 3 nitrogen and oxygen atoms in total. The Labute approximate surface area is 97.0 Å². The van der Waals surface area contributed by atoms with Gasteiger partial charge in [0.2, 0.25) is 0 Å². The van der Waals surface area contributed by atoms with Gasteiger partial charge in [0.1, 0.15) is 0 Å². The smallest absolute Gasteiger partial charge is 0.251 e. The van der Waals surface area contributed by atoms with Gasteiger partial charge in [0, 0.05) is 18.2 Å². The van der Waals surface area contributed by atoms with Crippen LogP contribution in [0.25, 0.3) is 0 Å². The van der Waals surface area contributed by atoms with Crippen LogP contribution in [0.3, 0.4) is 0 Å². The number of hydrogen-bond donors (Lipinski definition) is 2. The van der Waals surface area contributed by atoms with Crippen LogP contribution in [0.1, 0.15) is 35.7 Å². The molecule has 0 fully saturated rings. The third kappa shape index (κ3) is 3.35. The summed E-state index contributed by atoms with van der Waals surface area (Å²) in [6.07, 6.45) is 1.95. The Morgan fingerprint density at radius 3 is 2.69 bits per heavy atom. The molecule has 0 bridgehead atoms. The Balaban J connectivity index is 2.68. The molecule has 0 spiro atoms. The third-order valence-electron chi connectivity index (χ3n) is 2.65. The first-order chi connectivity index (χ1) is 7.69. The van der Waals surface area contributed by atoms with E-state index in [2.05, 4.69) is 12.2 Å². The fourth-order valence-electron chi connectivity index (χ4n) is 1.69. The maximum atomic E-state index is 11.9. The van der Waals surface area contributed by atoms with E-state index in [4.69, 9.17) is 5.73 Å². The zero-order valence-corrected chi connectivity index (χ0v) is 9.99. The van der Waals surface area contributed by atoms with E-state index in [1.807, 2.05) is 31.2 Å². The molecular formula is C13H20N2O. The zero-order chi connectivity index (χ0) is 12.0. The van der Waals surface area contributed by atoms with Gasteiger partial charge in [-0.05, 0) is 25.0 Å². The van der Waals surface area contributed by atoms with Crippen LogP contribution in [0.5, 0.6) is 0 Å². The molecule has 0 aliphatic rings. The van der Waals surface area contributed by atoms with Gasteiger partial charge in [0.15, 0.2) is 0 Å². The van der Waals surface area contributed by atoms with Gasteiger partial charge < -0.3 is 11.1 Å². The number of aryl methyl sites for hydroxylation is 1. The molecule has 1 atom stereocenters. The van der Waals surface area contributed by atoms with Crippen molar-refractivity contribution in [3.8, 4) is 0 Å². The molecule has 3 N–H and O–H groups in total. The van der Waals surface area contributed by atoms with Crippen LogP contribution in [0.4, 0.5) is 0 Å². The topological polar surface area (TPSA) is 55.1 Å². The first-order valence-corrected chi connectivity index (χ1v) is 5.75. The monoisotopic (exact) mass is 220 g/mol. The second-order valence-electron chi connectivity index (χ2n) is 4.01. The number of rotatable bonds is 5. The molecule has 0 radical (unpaired) electrons. The summed E-state index contributed by atoms with van der Waals surface area (Å²) in [7, 11) is 0. The number of nitrogens with two attached hydrogens (primary N) is 1. The van der Waals surface area contributed by atoms with Gasteiger partial charge in [-0.1, -0.05) is 31.5 Å². The summed E-state index contributed by atoms with van der Waals surface area (Å²) in [6.45, 7) is 4.51. The highest BCUT2D eigenvalue weighted by molar-refractivity contribution is 5.95. The molecule has 1 rings (SSSR count). The predicted molar refractivity (Wildman–Crippen MR) is 66.4 cm³/mol. The van der Waals surface area contributed by atoms with Crippen molar-refractivity contribution in [1.82, 2.24) is 5.32 Å². The van der Waals surface area contributed by atoms with E-state index >= 15 is 0 Å². The van der Waals surface area contributed by atoms with E-state index in [-0.39, 0.29) is 11.9 Å². The average molecular weight is 220 g/mol. The molecule has 1 unspecified atom stereocenters. The predicted octanol–water partition coefficient (Wildman–Crippen LogP) is 1.85. The lowest BCUT2D eigenvalue weighted by Gasteiger charge is -2.16. The number of carbonyl (C=O) groups is 1. The molecule has 16 heavy (non-hydrogen) atoms. The van der Waals surface area contributed by atoms with Crippen LogP contribution in [-0.2, 0) is 0 Å². The summed E-state index contributed by atoms with van der Waals surface area (Å²) in [5, 5.41) is 2.96. The Hall–Kier alpha value is -1.35. The maximum Gasteiger partial charge on any atom is 0.251 e. The summed E-state index contributed by atoms with van der Waals surface area (Å²) >= 11 is 0. The molecule has 0 aliphatic heterocycles. The van der Waals surface area contributed by atoms with Crippen molar-refractivity contribution in [2.24, 2.45) is 5.73 Å². The molecule has 0 aliphatic carbocycles. The lowest BCUT2D eigenvalue weighted by molar-refractivity contribution is 0.0935. The average Bonchev–Trinajstić information content (AvgIpc) is 2.28. The Bertz CT molecular complexity index is 350. The normalized spacial score (nSPS) is 12.2. The molecule has 1 amide bonds. The van der Waals surface area contributed by atoms with Gasteiger partial charge in [-0.15, -0.1) is 0 Å². The number of amides is 1. The van der Waals surface area contributed by atoms with Crippen molar-refractivity contribution in [2.45, 2.75) is 32.7 Å². The largest absolute Gasteiger partial charge is 0.348 e. The van der Waals surface area contributed by atoms with Gasteiger partial charge in [-0.25, -0.2) is 0 Å². The lowest BCUT2D eigenvalue weighted by Crippen LogP contribution is -2.40. The molecule has 1 aromatic rings. The molecule has 0 saturated heterocycles. The molecule has 88 valence electrons. The van der Waals surface area contributed by atoms with Crippen molar-refractivity contribution < 1.29 is 4.79 Å². The van der Waals surface area contributed by atoms with Crippen LogP contribution in [0.15, 0.2) is 24.3 Å². The van der Waals surface area contributed by atoms with Crippen LogP contribution in [0, 0.1) is 6.92 Å². The molecular weight excluding hydrogens is 200 g/mol. The minimum absolute atomic E-state index is 0.0259. The van der Waals surface area contributed by atoms with Gasteiger partial charge in [-0.3, -0.25) is 4.79 Å². The second-order valence-corrected chi connectivity index (χ2v) is 4.01. The molecule has 0 heterocycles. The molecule has 0 aromatic heterocycles. The van der Waals surface area contributed by atoms with Gasteiger partial charge in [0.05, 0.1) is 0 Å². The van der Waals surface area contributed by atoms with E-state index in [9.17, 15) is 4.79 Å². The van der Waals surface area contributed by atoms with Crippen molar-refractivity contribution in [3.63, 3.8) is 0 Å². The van der Waals surface area contributed by atoms with Crippen LogP contribution >= 0.6 is 0 Å². The van der Waals surface area contributed by atoms with E-state index in [0.29, 0.717) is 6.54 Å². The van der Waals surface area contributed by atoms with E-state index in [1.54, 1.807) is 0 Å². The summed E-state index contributed by atoms with van der Waals surface area (Å²) in [5.74, 6) is -0.0259.